The van der Waals surface area contributed by atoms with Gasteiger partial charge in [-0.25, -0.2) is 4.98 Å². The van der Waals surface area contributed by atoms with E-state index in [1.54, 1.807) is 18.0 Å². The molecule has 2 heterocycles. The van der Waals surface area contributed by atoms with Crippen LogP contribution in [-0.2, 0) is 5.75 Å². The van der Waals surface area contributed by atoms with Crippen molar-refractivity contribution in [1.29, 1.82) is 0 Å². The third-order valence-corrected chi connectivity index (χ3v) is 4.77. The minimum absolute atomic E-state index is 0.574. The van der Waals surface area contributed by atoms with E-state index in [2.05, 4.69) is 19.7 Å². The lowest BCUT2D eigenvalue weighted by atomic mass is 10.3. The second kappa shape index (κ2) is 4.77. The van der Waals surface area contributed by atoms with Gasteiger partial charge in [0.25, 0.3) is 0 Å². The maximum absolute atomic E-state index is 5.71. The van der Waals surface area contributed by atoms with Gasteiger partial charge in [0.2, 0.25) is 0 Å². The van der Waals surface area contributed by atoms with E-state index in [4.69, 9.17) is 5.73 Å². The molecule has 2 fully saturated rings. The summed E-state index contributed by atoms with van der Waals surface area (Å²) in [5.74, 6) is 3.31. The lowest BCUT2D eigenvalue weighted by Crippen LogP contribution is -2.02. The Morgan fingerprint density at radius 2 is 2.10 bits per heavy atom. The molecule has 0 aromatic carbocycles. The highest BCUT2D eigenvalue weighted by atomic mass is 32.2. The third kappa shape index (κ3) is 2.40. The van der Waals surface area contributed by atoms with Crippen LogP contribution < -0.4 is 5.73 Å². The van der Waals surface area contributed by atoms with E-state index in [1.807, 2.05) is 12.1 Å². The van der Waals surface area contributed by atoms with Crippen LogP contribution in [0.2, 0.25) is 0 Å². The molecular formula is C14H17N5S. The maximum atomic E-state index is 5.71. The van der Waals surface area contributed by atoms with Crippen LogP contribution in [0.3, 0.4) is 0 Å². The summed E-state index contributed by atoms with van der Waals surface area (Å²) >= 11 is 1.75. The van der Waals surface area contributed by atoms with E-state index in [1.165, 1.54) is 37.1 Å². The van der Waals surface area contributed by atoms with Gasteiger partial charge in [-0.05, 0) is 43.4 Å². The number of hydrogen-bond acceptors (Lipinski definition) is 5. The number of thioether (sulfide) groups is 1. The van der Waals surface area contributed by atoms with E-state index in [0.29, 0.717) is 17.8 Å². The second-order valence-electron chi connectivity index (χ2n) is 5.59. The zero-order valence-electron chi connectivity index (χ0n) is 11.2. The number of nitrogen functional groups attached to an aromatic ring is 1. The van der Waals surface area contributed by atoms with Crippen molar-refractivity contribution in [2.24, 2.45) is 0 Å². The minimum Gasteiger partial charge on any atom is -0.384 e. The number of rotatable bonds is 5. The first-order valence-corrected chi connectivity index (χ1v) is 8.08. The molecule has 0 amide bonds. The van der Waals surface area contributed by atoms with Crippen molar-refractivity contribution in [1.82, 2.24) is 19.7 Å². The van der Waals surface area contributed by atoms with E-state index in [0.717, 1.165) is 10.9 Å². The van der Waals surface area contributed by atoms with Crippen molar-refractivity contribution in [3.8, 4) is 0 Å². The van der Waals surface area contributed by atoms with Crippen LogP contribution in [0.4, 0.5) is 5.82 Å². The number of aromatic nitrogens is 4. The van der Waals surface area contributed by atoms with Crippen molar-refractivity contribution < 1.29 is 0 Å². The molecule has 0 unspecified atom stereocenters. The third-order valence-electron chi connectivity index (χ3n) is 3.76. The van der Waals surface area contributed by atoms with Crippen LogP contribution in [0.1, 0.15) is 49.0 Å². The van der Waals surface area contributed by atoms with Gasteiger partial charge in [0.1, 0.15) is 11.6 Å². The van der Waals surface area contributed by atoms with Crippen molar-refractivity contribution in [3.05, 3.63) is 29.7 Å². The van der Waals surface area contributed by atoms with Crippen molar-refractivity contribution in [2.45, 2.75) is 48.6 Å². The molecule has 2 saturated carbocycles. The first-order valence-electron chi connectivity index (χ1n) is 7.09. The molecule has 6 heteroatoms. The van der Waals surface area contributed by atoms with Gasteiger partial charge in [0, 0.05) is 23.9 Å². The molecule has 4 rings (SSSR count). The molecule has 0 bridgehead atoms. The largest absolute Gasteiger partial charge is 0.384 e. The quantitative estimate of drug-likeness (QED) is 0.856. The lowest BCUT2D eigenvalue weighted by molar-refractivity contribution is 0.627. The lowest BCUT2D eigenvalue weighted by Gasteiger charge is -2.08. The molecule has 0 atom stereocenters. The Balaban J connectivity index is 1.53. The number of nitrogens with zero attached hydrogens (tertiary/aromatic N) is 4. The molecule has 0 aliphatic heterocycles. The van der Waals surface area contributed by atoms with Gasteiger partial charge >= 0.3 is 0 Å². The Hall–Kier alpha value is -1.56. The fraction of sp³-hybridized carbons (Fsp3) is 0.500. The average molecular weight is 287 g/mol. The normalized spacial score (nSPS) is 18.4. The molecule has 2 aliphatic rings. The number of pyridine rings is 1. The summed E-state index contributed by atoms with van der Waals surface area (Å²) in [6.07, 6.45) is 6.85. The van der Waals surface area contributed by atoms with Gasteiger partial charge in [-0.2, -0.15) is 0 Å². The average Bonchev–Trinajstić information content (AvgIpc) is 3.35. The highest BCUT2D eigenvalue weighted by Gasteiger charge is 2.36. The Morgan fingerprint density at radius 3 is 2.80 bits per heavy atom. The number of hydrogen-bond donors (Lipinski definition) is 1. The fourth-order valence-electron chi connectivity index (χ4n) is 2.41. The Bertz CT molecular complexity index is 630. The molecule has 2 aromatic rings. The molecule has 0 spiro atoms. The van der Waals surface area contributed by atoms with Gasteiger partial charge in [-0.15, -0.1) is 10.2 Å². The molecule has 5 nitrogen and oxygen atoms in total. The van der Waals surface area contributed by atoms with Crippen LogP contribution in [0.25, 0.3) is 0 Å². The molecule has 20 heavy (non-hydrogen) atoms. The van der Waals surface area contributed by atoms with Gasteiger partial charge < -0.3 is 10.3 Å². The van der Waals surface area contributed by atoms with E-state index in [9.17, 15) is 0 Å². The number of nitrogens with two attached hydrogens (primary N) is 1. The fourth-order valence-corrected chi connectivity index (χ4v) is 3.37. The number of anilines is 1. The zero-order valence-corrected chi connectivity index (χ0v) is 12.0. The van der Waals surface area contributed by atoms with Crippen LogP contribution in [0.5, 0.6) is 0 Å². The van der Waals surface area contributed by atoms with Gasteiger partial charge in [0.05, 0.1) is 0 Å². The zero-order chi connectivity index (χ0) is 13.5. The van der Waals surface area contributed by atoms with E-state index >= 15 is 0 Å². The predicted octanol–water partition coefficient (Wildman–Crippen LogP) is 2.76. The first kappa shape index (κ1) is 12.2. The summed E-state index contributed by atoms with van der Waals surface area (Å²) < 4.78 is 2.38. The minimum atomic E-state index is 0.574. The van der Waals surface area contributed by atoms with E-state index in [-0.39, 0.29) is 0 Å². The Labute approximate surface area is 122 Å². The molecule has 0 saturated heterocycles. The second-order valence-corrected chi connectivity index (χ2v) is 6.54. The smallest absolute Gasteiger partial charge is 0.191 e. The highest BCUT2D eigenvalue weighted by molar-refractivity contribution is 7.98. The standard InChI is InChI=1S/C14H17N5S/c15-12-7-9(5-6-16-12)8-20-14-18-17-13(10-1-2-10)19(14)11-3-4-11/h5-7,10-11H,1-4,8H2,(H2,15,16). The van der Waals surface area contributed by atoms with Gasteiger partial charge in [0.15, 0.2) is 5.16 Å². The SMILES string of the molecule is Nc1cc(CSc2nnc(C3CC3)n2C2CC2)ccn1. The van der Waals surface area contributed by atoms with Gasteiger partial charge in [-0.1, -0.05) is 11.8 Å². The van der Waals surface area contributed by atoms with E-state index < -0.39 is 0 Å². The topological polar surface area (TPSA) is 69.6 Å². The summed E-state index contributed by atoms with van der Waals surface area (Å²) in [5.41, 5.74) is 6.90. The molecular weight excluding hydrogens is 270 g/mol. The summed E-state index contributed by atoms with van der Waals surface area (Å²) in [4.78, 5) is 4.02. The molecule has 0 radical (unpaired) electrons. The molecule has 2 N–H and O–H groups in total. The summed E-state index contributed by atoms with van der Waals surface area (Å²) in [7, 11) is 0. The van der Waals surface area contributed by atoms with Crippen LogP contribution >= 0.6 is 11.8 Å². The van der Waals surface area contributed by atoms with Crippen molar-refractivity contribution >= 4 is 17.6 Å². The van der Waals surface area contributed by atoms with Crippen LogP contribution in [0.15, 0.2) is 23.5 Å². The monoisotopic (exact) mass is 287 g/mol. The molecule has 2 aliphatic carbocycles. The predicted molar refractivity (Wildman–Crippen MR) is 78.5 cm³/mol. The molecule has 104 valence electrons. The summed E-state index contributed by atoms with van der Waals surface area (Å²) in [6.45, 7) is 0. The Kier molecular flexibility index (Phi) is 2.91. The van der Waals surface area contributed by atoms with Crippen molar-refractivity contribution in [2.75, 3.05) is 5.73 Å². The van der Waals surface area contributed by atoms with Crippen LogP contribution in [0, 0.1) is 0 Å². The maximum Gasteiger partial charge on any atom is 0.191 e. The molecule has 2 aromatic heterocycles. The van der Waals surface area contributed by atoms with Crippen LogP contribution in [-0.4, -0.2) is 19.7 Å². The van der Waals surface area contributed by atoms with Crippen molar-refractivity contribution in [3.63, 3.8) is 0 Å². The van der Waals surface area contributed by atoms with Gasteiger partial charge in [-0.3, -0.25) is 0 Å². The summed E-state index contributed by atoms with van der Waals surface area (Å²) in [5, 5.41) is 9.89. The summed E-state index contributed by atoms with van der Waals surface area (Å²) in [6, 6.07) is 4.57. The first-order chi connectivity index (χ1) is 9.81. The highest BCUT2D eigenvalue weighted by Crippen LogP contribution is 2.46. The Morgan fingerprint density at radius 1 is 1.25 bits per heavy atom.